The number of rotatable bonds is 17. The summed E-state index contributed by atoms with van der Waals surface area (Å²) in [5.74, 6) is 0.990. The molecule has 0 unspecified atom stereocenters. The molecule has 5 heteroatoms. The van der Waals surface area contributed by atoms with E-state index in [1.807, 2.05) is 0 Å². The topological polar surface area (TPSA) is 40.2 Å². The molecule has 1 fully saturated rings. The molecule has 0 saturated carbocycles. The van der Waals surface area contributed by atoms with Crippen LogP contribution in [0.15, 0.2) is 0 Å². The quantitative estimate of drug-likeness (QED) is 0.218. The zero-order chi connectivity index (χ0) is 16.8. The van der Waals surface area contributed by atoms with E-state index in [4.69, 9.17) is 18.9 Å². The highest BCUT2D eigenvalue weighted by molar-refractivity contribution is 8.00. The molecular formula is C18H36O4S. The van der Waals surface area contributed by atoms with Gasteiger partial charge < -0.3 is 18.9 Å². The van der Waals surface area contributed by atoms with Crippen molar-refractivity contribution in [3.8, 4) is 0 Å². The van der Waals surface area contributed by atoms with Gasteiger partial charge in [-0.15, -0.1) is 0 Å². The maximum absolute atomic E-state index is 5.67. The van der Waals surface area contributed by atoms with E-state index in [1.165, 1.54) is 38.5 Å². The molecule has 0 aliphatic carbocycles. The van der Waals surface area contributed by atoms with Crippen LogP contribution >= 0.6 is 11.8 Å². The van der Waals surface area contributed by atoms with Gasteiger partial charge in [0.05, 0.1) is 13.2 Å². The van der Waals surface area contributed by atoms with Crippen molar-refractivity contribution < 1.29 is 18.9 Å². The summed E-state index contributed by atoms with van der Waals surface area (Å²) in [6, 6.07) is 0. The Morgan fingerprint density at radius 3 is 2.26 bits per heavy atom. The second-order valence-corrected chi connectivity index (χ2v) is 7.51. The summed E-state index contributed by atoms with van der Waals surface area (Å²) in [7, 11) is 3.50. The third-order valence-electron chi connectivity index (χ3n) is 4.17. The Kier molecular flexibility index (Phi) is 12.4. The van der Waals surface area contributed by atoms with E-state index < -0.39 is 5.12 Å². The molecule has 0 bridgehead atoms. The van der Waals surface area contributed by atoms with Gasteiger partial charge in [-0.2, -0.15) is 0 Å². The SMILES string of the molecule is CCCCCCCCCC(OC)(OC)SCCCOC[C@H]1CO1. The fourth-order valence-corrected chi connectivity index (χ4v) is 3.64. The van der Waals surface area contributed by atoms with E-state index in [-0.39, 0.29) is 0 Å². The average Bonchev–Trinajstić information content (AvgIpc) is 3.40. The molecule has 23 heavy (non-hydrogen) atoms. The first-order valence-corrected chi connectivity index (χ1v) is 10.2. The monoisotopic (exact) mass is 348 g/mol. The lowest BCUT2D eigenvalue weighted by atomic mass is 10.1. The number of hydrogen-bond donors (Lipinski definition) is 0. The summed E-state index contributed by atoms with van der Waals surface area (Å²) in [5, 5.41) is -0.483. The fraction of sp³-hybridized carbons (Fsp3) is 1.00. The maximum atomic E-state index is 5.67. The lowest BCUT2D eigenvalue weighted by Crippen LogP contribution is -2.30. The Morgan fingerprint density at radius 2 is 1.65 bits per heavy atom. The van der Waals surface area contributed by atoms with Gasteiger partial charge in [-0.3, -0.25) is 0 Å². The molecule has 0 N–H and O–H groups in total. The number of methoxy groups -OCH3 is 2. The molecular weight excluding hydrogens is 312 g/mol. The second kappa shape index (κ2) is 13.5. The standard InChI is InChI=1S/C18H36O4S/c1-4-5-6-7-8-9-10-12-18(19-2,20-3)23-14-11-13-21-15-17-16-22-17/h17H,4-16H2,1-3H3/t17-/m0/s1. The summed E-state index contributed by atoms with van der Waals surface area (Å²) in [6.07, 6.45) is 11.5. The largest absolute Gasteiger partial charge is 0.379 e. The molecule has 0 spiro atoms. The highest BCUT2D eigenvalue weighted by Gasteiger charge is 2.29. The number of thioether (sulfide) groups is 1. The minimum absolute atomic E-state index is 0.358. The van der Waals surface area contributed by atoms with E-state index in [1.54, 1.807) is 26.0 Å². The van der Waals surface area contributed by atoms with Gasteiger partial charge in [0.2, 0.25) is 5.12 Å². The summed E-state index contributed by atoms with van der Waals surface area (Å²) in [5.41, 5.74) is 0. The molecule has 0 aromatic carbocycles. The van der Waals surface area contributed by atoms with E-state index in [0.717, 1.165) is 44.8 Å². The third-order valence-corrected chi connectivity index (χ3v) is 5.64. The van der Waals surface area contributed by atoms with Crippen LogP contribution in [0.4, 0.5) is 0 Å². The van der Waals surface area contributed by atoms with Gasteiger partial charge in [0, 0.05) is 33.0 Å². The molecule has 1 heterocycles. The van der Waals surface area contributed by atoms with Crippen molar-refractivity contribution in [3.63, 3.8) is 0 Å². The fourth-order valence-electron chi connectivity index (χ4n) is 2.54. The lowest BCUT2D eigenvalue weighted by molar-refractivity contribution is -0.138. The van der Waals surface area contributed by atoms with Crippen molar-refractivity contribution in [1.82, 2.24) is 0 Å². The van der Waals surface area contributed by atoms with Crippen LogP contribution in [0.1, 0.15) is 64.7 Å². The number of epoxide rings is 1. The molecule has 1 atom stereocenters. The van der Waals surface area contributed by atoms with Crippen molar-refractivity contribution in [2.45, 2.75) is 75.9 Å². The predicted molar refractivity (Wildman–Crippen MR) is 97.0 cm³/mol. The molecule has 0 amide bonds. The van der Waals surface area contributed by atoms with Crippen molar-refractivity contribution in [3.05, 3.63) is 0 Å². The molecule has 138 valence electrons. The number of unbranched alkanes of at least 4 members (excludes halogenated alkanes) is 6. The molecule has 4 nitrogen and oxygen atoms in total. The highest BCUT2D eigenvalue weighted by atomic mass is 32.2. The normalized spacial score (nSPS) is 17.6. The summed E-state index contributed by atoms with van der Waals surface area (Å²) in [4.78, 5) is 0. The molecule has 1 aliphatic rings. The minimum atomic E-state index is -0.483. The zero-order valence-corrected chi connectivity index (χ0v) is 16.1. The van der Waals surface area contributed by atoms with Gasteiger partial charge in [-0.25, -0.2) is 0 Å². The van der Waals surface area contributed by atoms with E-state index >= 15 is 0 Å². The van der Waals surface area contributed by atoms with Crippen LogP contribution in [0.5, 0.6) is 0 Å². The first-order chi connectivity index (χ1) is 11.3. The Labute approximate surface area is 147 Å². The average molecular weight is 349 g/mol. The molecule has 1 rings (SSSR count). The van der Waals surface area contributed by atoms with Crippen LogP contribution < -0.4 is 0 Å². The molecule has 0 radical (unpaired) electrons. The van der Waals surface area contributed by atoms with Crippen LogP contribution in [0.25, 0.3) is 0 Å². The van der Waals surface area contributed by atoms with Gasteiger partial charge >= 0.3 is 0 Å². The minimum Gasteiger partial charge on any atom is -0.379 e. The summed E-state index contributed by atoms with van der Waals surface area (Å²) < 4.78 is 22.0. The van der Waals surface area contributed by atoms with Gasteiger partial charge in [-0.05, 0) is 12.8 Å². The molecule has 1 aliphatic heterocycles. The van der Waals surface area contributed by atoms with Crippen LogP contribution in [0.3, 0.4) is 0 Å². The van der Waals surface area contributed by atoms with Gasteiger partial charge in [0.15, 0.2) is 0 Å². The third kappa shape index (κ3) is 10.6. The maximum Gasteiger partial charge on any atom is 0.217 e. The van der Waals surface area contributed by atoms with Crippen LogP contribution in [0.2, 0.25) is 0 Å². The highest BCUT2D eigenvalue weighted by Crippen LogP contribution is 2.33. The predicted octanol–water partition coefficient (Wildman–Crippen LogP) is 4.61. The van der Waals surface area contributed by atoms with Gasteiger partial charge in [-0.1, -0.05) is 57.2 Å². The van der Waals surface area contributed by atoms with Crippen LogP contribution in [-0.4, -0.2) is 51.0 Å². The van der Waals surface area contributed by atoms with E-state index in [9.17, 15) is 0 Å². The van der Waals surface area contributed by atoms with Gasteiger partial charge in [0.1, 0.15) is 6.10 Å². The molecule has 0 aromatic rings. The Bertz CT molecular complexity index is 268. The Morgan fingerprint density at radius 1 is 1.00 bits per heavy atom. The molecule has 1 saturated heterocycles. The van der Waals surface area contributed by atoms with Gasteiger partial charge in [0.25, 0.3) is 0 Å². The van der Waals surface area contributed by atoms with Crippen LogP contribution in [0, 0.1) is 0 Å². The first-order valence-electron chi connectivity index (χ1n) is 9.20. The number of ether oxygens (including phenoxy) is 4. The summed E-state index contributed by atoms with van der Waals surface area (Å²) in [6.45, 7) is 4.65. The zero-order valence-electron chi connectivity index (χ0n) is 15.3. The van der Waals surface area contributed by atoms with Crippen molar-refractivity contribution in [2.24, 2.45) is 0 Å². The smallest absolute Gasteiger partial charge is 0.217 e. The Balaban J connectivity index is 2.04. The summed E-state index contributed by atoms with van der Waals surface area (Å²) >= 11 is 1.76. The van der Waals surface area contributed by atoms with E-state index in [2.05, 4.69) is 6.92 Å². The molecule has 0 aromatic heterocycles. The van der Waals surface area contributed by atoms with Crippen molar-refractivity contribution >= 4 is 11.8 Å². The van der Waals surface area contributed by atoms with Crippen molar-refractivity contribution in [2.75, 3.05) is 39.8 Å². The lowest BCUT2D eigenvalue weighted by Gasteiger charge is -2.30. The first kappa shape index (κ1) is 21.2. The van der Waals surface area contributed by atoms with Crippen molar-refractivity contribution in [1.29, 1.82) is 0 Å². The number of hydrogen-bond acceptors (Lipinski definition) is 5. The van der Waals surface area contributed by atoms with Crippen LogP contribution in [-0.2, 0) is 18.9 Å². The van der Waals surface area contributed by atoms with E-state index in [0.29, 0.717) is 6.10 Å². The Hall–Kier alpha value is 0.190. The second-order valence-electron chi connectivity index (χ2n) is 6.19.